The number of hydrogen-bond donors (Lipinski definition) is 0. The normalized spacial score (nSPS) is 12.0. The Morgan fingerprint density at radius 1 is 1.35 bits per heavy atom. The Morgan fingerprint density at radius 3 is 2.41 bits per heavy atom. The van der Waals surface area contributed by atoms with Gasteiger partial charge in [-0.05, 0) is 20.3 Å². The number of rotatable bonds is 7. The van der Waals surface area contributed by atoms with E-state index in [1.54, 1.807) is 11.8 Å². The Balaban J connectivity index is 3.71. The number of hydrogen-bond acceptors (Lipinski definition) is 4. The highest BCUT2D eigenvalue weighted by Crippen LogP contribution is 2.10. The fraction of sp³-hybridized carbons (Fsp3) is 0.833. The van der Waals surface area contributed by atoms with Gasteiger partial charge in [-0.2, -0.15) is 0 Å². The Kier molecular flexibility index (Phi) is 9.55. The van der Waals surface area contributed by atoms with Crippen LogP contribution in [-0.4, -0.2) is 40.6 Å². The van der Waals surface area contributed by atoms with Crippen LogP contribution in [0.4, 0.5) is 0 Å². The maximum Gasteiger partial charge on any atom is 0.308 e. The molecule has 0 aromatic rings. The minimum absolute atomic E-state index is 0.00488. The van der Waals surface area contributed by atoms with Gasteiger partial charge in [0.15, 0.2) is 0 Å². The number of ether oxygens (including phenoxy) is 1. The van der Waals surface area contributed by atoms with Crippen LogP contribution in [0.3, 0.4) is 0 Å². The SMILES string of the molecule is CCC(C)C(=O)OCCSC(=S)N(CC)CC. The summed E-state index contributed by atoms with van der Waals surface area (Å²) < 4.78 is 6.04. The molecule has 0 aliphatic carbocycles. The average molecular weight is 277 g/mol. The molecule has 0 aliphatic heterocycles. The summed E-state index contributed by atoms with van der Waals surface area (Å²) in [7, 11) is 0. The summed E-state index contributed by atoms with van der Waals surface area (Å²) in [6.45, 7) is 10.3. The average Bonchev–Trinajstić information content (AvgIpc) is 2.34. The van der Waals surface area contributed by atoms with E-state index in [-0.39, 0.29) is 11.9 Å². The van der Waals surface area contributed by atoms with Gasteiger partial charge >= 0.3 is 5.97 Å². The second-order valence-electron chi connectivity index (χ2n) is 3.76. The van der Waals surface area contributed by atoms with Crippen molar-refractivity contribution >= 4 is 34.3 Å². The molecule has 0 radical (unpaired) electrons. The number of carbonyl (C=O) groups is 1. The Hall–Kier alpha value is -0.290. The molecule has 100 valence electrons. The van der Waals surface area contributed by atoms with E-state index in [2.05, 4.69) is 18.7 Å². The van der Waals surface area contributed by atoms with Crippen molar-refractivity contribution in [1.82, 2.24) is 4.90 Å². The monoisotopic (exact) mass is 277 g/mol. The standard InChI is InChI=1S/C12H23NO2S2/c1-5-10(4)11(14)15-8-9-17-12(16)13(6-2)7-3/h10H,5-9H2,1-4H3. The predicted octanol–water partition coefficient (Wildman–Crippen LogP) is 2.94. The molecule has 0 aliphatic rings. The summed E-state index contributed by atoms with van der Waals surface area (Å²) >= 11 is 6.85. The predicted molar refractivity (Wildman–Crippen MR) is 78.4 cm³/mol. The third-order valence-corrected chi connectivity index (χ3v) is 4.08. The highest BCUT2D eigenvalue weighted by molar-refractivity contribution is 8.22. The van der Waals surface area contributed by atoms with Gasteiger partial charge in [0.2, 0.25) is 0 Å². The lowest BCUT2D eigenvalue weighted by molar-refractivity contribution is -0.147. The van der Waals surface area contributed by atoms with Crippen LogP contribution in [0.5, 0.6) is 0 Å². The lowest BCUT2D eigenvalue weighted by Gasteiger charge is -2.20. The fourth-order valence-corrected chi connectivity index (χ4v) is 2.44. The van der Waals surface area contributed by atoms with E-state index in [4.69, 9.17) is 17.0 Å². The van der Waals surface area contributed by atoms with Gasteiger partial charge in [0.1, 0.15) is 10.9 Å². The second kappa shape index (κ2) is 9.71. The van der Waals surface area contributed by atoms with E-state index in [1.165, 1.54) is 0 Å². The molecular formula is C12H23NO2S2. The number of thioether (sulfide) groups is 1. The molecule has 17 heavy (non-hydrogen) atoms. The molecule has 0 aromatic carbocycles. The Labute approximate surface area is 114 Å². The van der Waals surface area contributed by atoms with Gasteiger partial charge < -0.3 is 9.64 Å². The van der Waals surface area contributed by atoms with Gasteiger partial charge in [0.05, 0.1) is 5.92 Å². The first-order valence-electron chi connectivity index (χ1n) is 6.15. The van der Waals surface area contributed by atoms with E-state index in [0.717, 1.165) is 29.6 Å². The molecule has 1 atom stereocenters. The number of thiocarbonyl (C=S) groups is 1. The van der Waals surface area contributed by atoms with Crippen LogP contribution in [-0.2, 0) is 9.53 Å². The first-order chi connectivity index (χ1) is 8.06. The zero-order chi connectivity index (χ0) is 13.3. The lowest BCUT2D eigenvalue weighted by Crippen LogP contribution is -2.27. The van der Waals surface area contributed by atoms with Crippen LogP contribution in [0.1, 0.15) is 34.1 Å². The van der Waals surface area contributed by atoms with Crippen molar-refractivity contribution < 1.29 is 9.53 Å². The highest BCUT2D eigenvalue weighted by atomic mass is 32.2. The van der Waals surface area contributed by atoms with Crippen LogP contribution in [0.15, 0.2) is 0 Å². The molecule has 0 rings (SSSR count). The van der Waals surface area contributed by atoms with Crippen molar-refractivity contribution in [3.05, 3.63) is 0 Å². The first-order valence-corrected chi connectivity index (χ1v) is 7.54. The maximum atomic E-state index is 11.4. The second-order valence-corrected chi connectivity index (χ2v) is 5.49. The largest absolute Gasteiger partial charge is 0.465 e. The third-order valence-electron chi connectivity index (χ3n) is 2.59. The Morgan fingerprint density at radius 2 is 1.94 bits per heavy atom. The number of carbonyl (C=O) groups excluding carboxylic acids is 1. The quantitative estimate of drug-likeness (QED) is 0.405. The van der Waals surface area contributed by atoms with Crippen molar-refractivity contribution in [3.63, 3.8) is 0 Å². The molecule has 1 unspecified atom stereocenters. The molecule has 0 bridgehead atoms. The molecule has 0 fully saturated rings. The van der Waals surface area contributed by atoms with Crippen molar-refractivity contribution in [2.75, 3.05) is 25.4 Å². The summed E-state index contributed by atoms with van der Waals surface area (Å²) in [5.41, 5.74) is 0. The number of esters is 1. The minimum atomic E-state index is -0.109. The van der Waals surface area contributed by atoms with Gasteiger partial charge in [0, 0.05) is 18.8 Å². The van der Waals surface area contributed by atoms with E-state index in [9.17, 15) is 4.79 Å². The van der Waals surface area contributed by atoms with Crippen LogP contribution in [0.25, 0.3) is 0 Å². The number of nitrogens with zero attached hydrogens (tertiary/aromatic N) is 1. The summed E-state index contributed by atoms with van der Waals surface area (Å²) in [5.74, 6) is 0.619. The molecule has 5 heteroatoms. The molecule has 0 aromatic heterocycles. The zero-order valence-electron chi connectivity index (χ0n) is 11.2. The molecule has 0 spiro atoms. The molecule has 0 saturated heterocycles. The summed E-state index contributed by atoms with van der Waals surface area (Å²) in [6, 6.07) is 0. The summed E-state index contributed by atoms with van der Waals surface area (Å²) in [4.78, 5) is 13.5. The van der Waals surface area contributed by atoms with Crippen LogP contribution in [0, 0.1) is 5.92 Å². The van der Waals surface area contributed by atoms with Crippen molar-refractivity contribution in [2.45, 2.75) is 34.1 Å². The smallest absolute Gasteiger partial charge is 0.308 e. The van der Waals surface area contributed by atoms with Gasteiger partial charge in [-0.1, -0.05) is 37.8 Å². The molecule has 0 heterocycles. The summed E-state index contributed by atoms with van der Waals surface area (Å²) in [6.07, 6.45) is 0.823. The first kappa shape index (κ1) is 16.7. The van der Waals surface area contributed by atoms with Crippen LogP contribution in [0.2, 0.25) is 0 Å². The Bertz CT molecular complexity index is 243. The topological polar surface area (TPSA) is 29.5 Å². The molecular weight excluding hydrogens is 254 g/mol. The maximum absolute atomic E-state index is 11.4. The van der Waals surface area contributed by atoms with Crippen molar-refractivity contribution in [3.8, 4) is 0 Å². The van der Waals surface area contributed by atoms with E-state index in [1.807, 2.05) is 13.8 Å². The lowest BCUT2D eigenvalue weighted by atomic mass is 10.1. The van der Waals surface area contributed by atoms with E-state index < -0.39 is 0 Å². The van der Waals surface area contributed by atoms with Crippen molar-refractivity contribution in [1.29, 1.82) is 0 Å². The summed E-state index contributed by atoms with van der Waals surface area (Å²) in [5, 5.41) is 0. The van der Waals surface area contributed by atoms with Crippen LogP contribution < -0.4 is 0 Å². The van der Waals surface area contributed by atoms with Crippen LogP contribution >= 0.6 is 24.0 Å². The van der Waals surface area contributed by atoms with Gasteiger partial charge in [-0.15, -0.1) is 0 Å². The van der Waals surface area contributed by atoms with E-state index >= 15 is 0 Å². The molecule has 0 saturated carbocycles. The third kappa shape index (κ3) is 6.88. The van der Waals surface area contributed by atoms with E-state index in [0.29, 0.717) is 6.61 Å². The fourth-order valence-electron chi connectivity index (χ4n) is 1.15. The zero-order valence-corrected chi connectivity index (χ0v) is 12.8. The highest BCUT2D eigenvalue weighted by Gasteiger charge is 2.12. The van der Waals surface area contributed by atoms with Gasteiger partial charge in [-0.3, -0.25) is 4.79 Å². The molecule has 0 amide bonds. The minimum Gasteiger partial charge on any atom is -0.465 e. The molecule has 3 nitrogen and oxygen atoms in total. The van der Waals surface area contributed by atoms with Gasteiger partial charge in [-0.25, -0.2) is 0 Å². The van der Waals surface area contributed by atoms with Crippen molar-refractivity contribution in [2.24, 2.45) is 5.92 Å². The molecule has 0 N–H and O–H groups in total. The van der Waals surface area contributed by atoms with Gasteiger partial charge in [0.25, 0.3) is 0 Å².